The Labute approximate surface area is 160 Å². The zero-order valence-electron chi connectivity index (χ0n) is 15.2. The number of hydrogen-bond acceptors (Lipinski definition) is 8. The third kappa shape index (κ3) is 2.76. The van der Waals surface area contributed by atoms with Crippen LogP contribution >= 0.6 is 0 Å². The van der Waals surface area contributed by atoms with Crippen LogP contribution in [0, 0.1) is 0 Å². The van der Waals surface area contributed by atoms with Gasteiger partial charge in [0.15, 0.2) is 11.2 Å². The molecular weight excluding hydrogens is 380 g/mol. The van der Waals surface area contributed by atoms with Gasteiger partial charge in [0.25, 0.3) is 0 Å². The molecule has 10 nitrogen and oxygen atoms in total. The minimum atomic E-state index is -0.893. The second-order valence-corrected chi connectivity index (χ2v) is 6.73. The molecule has 10 heteroatoms. The van der Waals surface area contributed by atoms with Crippen molar-refractivity contribution in [1.29, 1.82) is 0 Å². The Morgan fingerprint density at radius 2 is 1.21 bits per heavy atom. The number of H-pyrrole nitrogens is 2. The van der Waals surface area contributed by atoms with E-state index in [9.17, 15) is 19.2 Å². The van der Waals surface area contributed by atoms with Gasteiger partial charge in [-0.15, -0.1) is 0 Å². The minimum Gasteiger partial charge on any atom is -0.408 e. The van der Waals surface area contributed by atoms with Crippen LogP contribution in [0.25, 0.3) is 22.2 Å². The number of nitrogens with one attached hydrogen (secondary N) is 2. The first kappa shape index (κ1) is 18.1. The number of fused-ring (bicyclic) bond motifs is 2. The summed E-state index contributed by atoms with van der Waals surface area (Å²) < 4.78 is 10.1. The fourth-order valence-corrected chi connectivity index (χ4v) is 3.49. The summed E-state index contributed by atoms with van der Waals surface area (Å²) in [5.41, 5.74) is 1.41. The van der Waals surface area contributed by atoms with Crippen molar-refractivity contribution >= 4 is 45.7 Å². The molecule has 4 rings (SSSR count). The van der Waals surface area contributed by atoms with Gasteiger partial charge in [-0.05, 0) is 23.3 Å². The summed E-state index contributed by atoms with van der Waals surface area (Å²) >= 11 is 0. The van der Waals surface area contributed by atoms with Crippen molar-refractivity contribution in [3.8, 4) is 0 Å². The van der Waals surface area contributed by atoms with E-state index in [0.717, 1.165) is 0 Å². The van der Waals surface area contributed by atoms with E-state index in [1.807, 2.05) is 0 Å². The molecule has 0 saturated carbocycles. The first-order valence-corrected chi connectivity index (χ1v) is 8.35. The maximum atomic E-state index is 11.6. The average molecular weight is 392 g/mol. The lowest BCUT2D eigenvalue weighted by atomic mass is 9.76. The van der Waals surface area contributed by atoms with Crippen molar-refractivity contribution in [1.82, 2.24) is 9.97 Å². The molecule has 0 bridgehead atoms. The molecule has 2 heterocycles. The monoisotopic (exact) mass is 392 g/mol. The topological polar surface area (TPSA) is 151 Å². The van der Waals surface area contributed by atoms with Crippen LogP contribution in [0.2, 0.25) is 0 Å². The summed E-state index contributed by atoms with van der Waals surface area (Å²) in [5, 5.41) is 0. The molecule has 144 valence electrons. The van der Waals surface area contributed by atoms with Crippen molar-refractivity contribution in [2.24, 2.45) is 9.98 Å². The summed E-state index contributed by atoms with van der Waals surface area (Å²) in [6.07, 6.45) is 2.97. The summed E-state index contributed by atoms with van der Waals surface area (Å²) in [6.45, 7) is 3.61. The van der Waals surface area contributed by atoms with Gasteiger partial charge in [-0.3, -0.25) is 9.97 Å². The Balaban J connectivity index is 2.08. The number of aliphatic imine (C=N–C) groups is 2. The number of oxazole rings is 2. The van der Waals surface area contributed by atoms with E-state index < -0.39 is 16.9 Å². The molecule has 2 aromatic carbocycles. The molecule has 0 radical (unpaired) electrons. The van der Waals surface area contributed by atoms with E-state index in [4.69, 9.17) is 8.83 Å². The smallest absolute Gasteiger partial charge is 0.408 e. The lowest BCUT2D eigenvalue weighted by molar-refractivity contribution is 0.555. The average Bonchev–Trinajstić information content (AvgIpc) is 3.23. The van der Waals surface area contributed by atoms with Gasteiger partial charge in [-0.2, -0.15) is 9.98 Å². The number of isocyanates is 2. The van der Waals surface area contributed by atoms with Gasteiger partial charge in [0.05, 0.1) is 0 Å². The number of benzene rings is 2. The van der Waals surface area contributed by atoms with Crippen LogP contribution in [0.1, 0.15) is 25.0 Å². The number of nitrogens with zero attached hydrogens (tertiary/aromatic N) is 2. The van der Waals surface area contributed by atoms with Gasteiger partial charge >= 0.3 is 11.5 Å². The highest BCUT2D eigenvalue weighted by Gasteiger charge is 2.32. The third-order valence-electron chi connectivity index (χ3n) is 4.80. The first-order valence-electron chi connectivity index (χ1n) is 8.35. The molecular formula is C19H12N4O6. The Morgan fingerprint density at radius 3 is 1.59 bits per heavy atom. The number of aromatic nitrogens is 2. The van der Waals surface area contributed by atoms with Crippen LogP contribution in [-0.4, -0.2) is 22.1 Å². The van der Waals surface area contributed by atoms with Gasteiger partial charge in [0.1, 0.15) is 22.4 Å². The zero-order chi connectivity index (χ0) is 20.8. The first-order chi connectivity index (χ1) is 13.9. The highest BCUT2D eigenvalue weighted by atomic mass is 16.4. The molecule has 2 aromatic heterocycles. The second-order valence-electron chi connectivity index (χ2n) is 6.73. The lowest BCUT2D eigenvalue weighted by Gasteiger charge is -2.28. The number of rotatable bonds is 4. The predicted molar refractivity (Wildman–Crippen MR) is 101 cm³/mol. The fourth-order valence-electron chi connectivity index (χ4n) is 3.49. The Morgan fingerprint density at radius 1 is 0.793 bits per heavy atom. The van der Waals surface area contributed by atoms with Crippen LogP contribution in [-0.2, 0) is 15.0 Å². The van der Waals surface area contributed by atoms with Gasteiger partial charge in [-0.1, -0.05) is 26.0 Å². The molecule has 0 atom stereocenters. The summed E-state index contributed by atoms with van der Waals surface area (Å²) in [7, 11) is 0. The molecule has 0 aliphatic carbocycles. The highest BCUT2D eigenvalue weighted by Crippen LogP contribution is 2.45. The van der Waals surface area contributed by atoms with E-state index in [0.29, 0.717) is 11.1 Å². The molecule has 0 amide bonds. The third-order valence-corrected chi connectivity index (χ3v) is 4.80. The molecule has 0 unspecified atom stereocenters. The SMILES string of the molecule is CC(C)(c1ccc2oc(=O)[nH]c2c1N=C=O)c1ccc2oc(=O)[nH]c2c1N=C=O. The Bertz CT molecular complexity index is 1370. The summed E-state index contributed by atoms with van der Waals surface area (Å²) in [5.74, 6) is -1.39. The van der Waals surface area contributed by atoms with E-state index in [1.165, 1.54) is 12.2 Å². The van der Waals surface area contributed by atoms with Crippen LogP contribution in [0.5, 0.6) is 0 Å². The van der Waals surface area contributed by atoms with E-state index in [2.05, 4.69) is 20.0 Å². The largest absolute Gasteiger partial charge is 0.417 e. The standard InChI is InChI=1S/C19H12N4O6/c1-19(2,9-3-5-11-15(13(9)20-7-24)22-17(26)28-11)10-4-6-12-16(14(10)21-8-25)23-18(27)29-12/h3-6H,1-2H3,(H,22,26)(H,23,27). The van der Waals surface area contributed by atoms with E-state index >= 15 is 0 Å². The van der Waals surface area contributed by atoms with Gasteiger partial charge in [0, 0.05) is 5.41 Å². The predicted octanol–water partition coefficient (Wildman–Crippen LogP) is 2.82. The van der Waals surface area contributed by atoms with Crippen molar-refractivity contribution in [3.63, 3.8) is 0 Å². The van der Waals surface area contributed by atoms with Gasteiger partial charge < -0.3 is 8.83 Å². The molecule has 0 aliphatic rings. The fraction of sp³-hybridized carbons (Fsp3) is 0.158. The van der Waals surface area contributed by atoms with E-state index in [1.54, 1.807) is 38.1 Å². The summed E-state index contributed by atoms with van der Waals surface area (Å²) in [6, 6.07) is 6.42. The van der Waals surface area contributed by atoms with Crippen molar-refractivity contribution in [2.45, 2.75) is 19.3 Å². The maximum absolute atomic E-state index is 11.6. The molecule has 0 saturated heterocycles. The van der Waals surface area contributed by atoms with E-state index in [-0.39, 0.29) is 33.6 Å². The lowest BCUT2D eigenvalue weighted by Crippen LogP contribution is -2.19. The van der Waals surface area contributed by atoms with Crippen molar-refractivity contribution in [2.75, 3.05) is 0 Å². The molecule has 0 spiro atoms. The quantitative estimate of drug-likeness (QED) is 0.402. The molecule has 0 aliphatic heterocycles. The normalized spacial score (nSPS) is 11.4. The number of carbonyl (C=O) groups excluding carboxylic acids is 2. The molecule has 0 fully saturated rings. The van der Waals surface area contributed by atoms with Crippen molar-refractivity contribution < 1.29 is 18.4 Å². The molecule has 29 heavy (non-hydrogen) atoms. The molecule has 4 aromatic rings. The van der Waals surface area contributed by atoms with Crippen LogP contribution in [0.4, 0.5) is 11.4 Å². The van der Waals surface area contributed by atoms with Gasteiger partial charge in [-0.25, -0.2) is 19.2 Å². The number of aromatic amines is 2. The van der Waals surface area contributed by atoms with Crippen molar-refractivity contribution in [3.05, 3.63) is 56.5 Å². The zero-order valence-corrected chi connectivity index (χ0v) is 15.2. The Kier molecular flexibility index (Phi) is 4.01. The summed E-state index contributed by atoms with van der Waals surface area (Å²) in [4.78, 5) is 57.8. The maximum Gasteiger partial charge on any atom is 0.417 e. The van der Waals surface area contributed by atoms with Crippen LogP contribution in [0.15, 0.2) is 52.7 Å². The number of hydrogen-bond donors (Lipinski definition) is 2. The second kappa shape index (κ2) is 6.42. The van der Waals surface area contributed by atoms with Gasteiger partial charge in [0.2, 0.25) is 12.2 Å². The van der Waals surface area contributed by atoms with Crippen LogP contribution in [0.3, 0.4) is 0 Å². The molecule has 2 N–H and O–H groups in total. The minimum absolute atomic E-state index is 0.162. The van der Waals surface area contributed by atoms with Crippen LogP contribution < -0.4 is 11.5 Å². The Hall–Kier alpha value is -4.26. The highest BCUT2D eigenvalue weighted by molar-refractivity contribution is 5.91.